The predicted octanol–water partition coefficient (Wildman–Crippen LogP) is 3.40. The van der Waals surface area contributed by atoms with Crippen LogP contribution in [0.3, 0.4) is 0 Å². The highest BCUT2D eigenvalue weighted by atomic mass is 79.9. The molecule has 0 fully saturated rings. The maximum Gasteiger partial charge on any atom is 0.259 e. The Morgan fingerprint density at radius 3 is 2.62 bits per heavy atom. The maximum absolute atomic E-state index is 11.7. The largest absolute Gasteiger partial charge is 0.376 e. The van der Waals surface area contributed by atoms with Crippen LogP contribution in [0.4, 0.5) is 5.69 Å². The summed E-state index contributed by atoms with van der Waals surface area (Å²) in [6, 6.07) is 17.3. The molecule has 0 atom stereocenters. The van der Waals surface area contributed by atoms with Gasteiger partial charge in [-0.25, -0.2) is 5.43 Å². The number of hydrazone groups is 1. The second-order valence-electron chi connectivity index (χ2n) is 4.46. The van der Waals surface area contributed by atoms with Crippen molar-refractivity contribution in [2.45, 2.75) is 6.92 Å². The molecule has 0 aromatic heterocycles. The molecular weight excluding hydrogens is 330 g/mol. The monoisotopic (exact) mass is 345 g/mol. The van der Waals surface area contributed by atoms with Crippen LogP contribution >= 0.6 is 15.9 Å². The Bertz CT molecular complexity index is 641. The van der Waals surface area contributed by atoms with Crippen molar-refractivity contribution < 1.29 is 4.79 Å². The molecule has 2 aromatic rings. The summed E-state index contributed by atoms with van der Waals surface area (Å²) in [5.74, 6) is -0.187. The fourth-order valence-electron chi connectivity index (χ4n) is 1.70. The van der Waals surface area contributed by atoms with E-state index in [4.69, 9.17) is 0 Å². The number of para-hydroxylation sites is 1. The molecule has 4 nitrogen and oxygen atoms in total. The first-order valence-corrected chi connectivity index (χ1v) is 7.32. The smallest absolute Gasteiger partial charge is 0.259 e. The number of hydrogen-bond acceptors (Lipinski definition) is 3. The van der Waals surface area contributed by atoms with Gasteiger partial charge in [-0.15, -0.1) is 0 Å². The van der Waals surface area contributed by atoms with Crippen LogP contribution in [0.1, 0.15) is 12.5 Å². The van der Waals surface area contributed by atoms with E-state index in [1.165, 1.54) is 0 Å². The van der Waals surface area contributed by atoms with Gasteiger partial charge < -0.3 is 5.32 Å². The lowest BCUT2D eigenvalue weighted by molar-refractivity contribution is -0.119. The van der Waals surface area contributed by atoms with Crippen molar-refractivity contribution in [3.63, 3.8) is 0 Å². The maximum atomic E-state index is 11.7. The second-order valence-corrected chi connectivity index (χ2v) is 5.38. The van der Waals surface area contributed by atoms with Gasteiger partial charge in [-0.05, 0) is 36.8 Å². The summed E-state index contributed by atoms with van der Waals surface area (Å²) in [6.45, 7) is 2.03. The number of carbonyl (C=O) groups excluding carboxylic acids is 1. The Morgan fingerprint density at radius 2 is 1.90 bits per heavy atom. The molecule has 0 aliphatic rings. The normalized spacial score (nSPS) is 11.0. The van der Waals surface area contributed by atoms with Gasteiger partial charge >= 0.3 is 0 Å². The molecule has 2 aromatic carbocycles. The van der Waals surface area contributed by atoms with Gasteiger partial charge in [0.25, 0.3) is 5.91 Å². The standard InChI is InChI=1S/C16H16BrN3O/c1-12(13-6-5-7-14(17)10-13)19-20-16(21)11-18-15-8-3-2-4-9-15/h2-10,18H,11H2,1H3,(H,20,21). The summed E-state index contributed by atoms with van der Waals surface area (Å²) in [4.78, 5) is 11.7. The molecule has 0 radical (unpaired) electrons. The predicted molar refractivity (Wildman–Crippen MR) is 89.4 cm³/mol. The fourth-order valence-corrected chi connectivity index (χ4v) is 2.10. The lowest BCUT2D eigenvalue weighted by atomic mass is 10.1. The zero-order chi connectivity index (χ0) is 15.1. The quantitative estimate of drug-likeness (QED) is 0.644. The van der Waals surface area contributed by atoms with Gasteiger partial charge in [0.2, 0.25) is 0 Å². The average Bonchev–Trinajstić information content (AvgIpc) is 2.51. The van der Waals surface area contributed by atoms with Gasteiger partial charge in [-0.1, -0.05) is 46.3 Å². The highest BCUT2D eigenvalue weighted by molar-refractivity contribution is 9.10. The van der Waals surface area contributed by atoms with Gasteiger partial charge in [-0.2, -0.15) is 5.10 Å². The third kappa shape index (κ3) is 5.04. The highest BCUT2D eigenvalue weighted by Gasteiger charge is 2.01. The molecule has 0 unspecified atom stereocenters. The minimum atomic E-state index is -0.187. The van der Waals surface area contributed by atoms with E-state index in [1.54, 1.807) is 0 Å². The first-order valence-electron chi connectivity index (χ1n) is 6.53. The summed E-state index contributed by atoms with van der Waals surface area (Å²) < 4.78 is 0.978. The number of halogens is 1. The van der Waals surface area contributed by atoms with E-state index >= 15 is 0 Å². The number of amides is 1. The molecule has 0 saturated heterocycles. The Morgan fingerprint density at radius 1 is 1.14 bits per heavy atom. The second kappa shape index (κ2) is 7.59. The van der Waals surface area contributed by atoms with Crippen LogP contribution in [0.5, 0.6) is 0 Å². The number of anilines is 1. The van der Waals surface area contributed by atoms with Crippen molar-refractivity contribution in [2.24, 2.45) is 5.10 Å². The first-order chi connectivity index (χ1) is 10.1. The molecule has 1 amide bonds. The zero-order valence-corrected chi connectivity index (χ0v) is 13.2. The molecule has 2 N–H and O–H groups in total. The Hall–Kier alpha value is -2.14. The molecule has 0 saturated carbocycles. The van der Waals surface area contributed by atoms with E-state index < -0.39 is 0 Å². The van der Waals surface area contributed by atoms with Gasteiger partial charge in [0.05, 0.1) is 12.3 Å². The fraction of sp³-hybridized carbons (Fsp3) is 0.125. The van der Waals surface area contributed by atoms with Crippen molar-refractivity contribution in [1.29, 1.82) is 0 Å². The van der Waals surface area contributed by atoms with Crippen molar-refractivity contribution in [3.05, 3.63) is 64.6 Å². The SMILES string of the molecule is CC(=NNC(=O)CNc1ccccc1)c1cccc(Br)c1. The summed E-state index contributed by atoms with van der Waals surface area (Å²) in [5, 5.41) is 7.13. The number of nitrogens with one attached hydrogen (secondary N) is 2. The Balaban J connectivity index is 1.87. The molecule has 0 bridgehead atoms. The van der Waals surface area contributed by atoms with Crippen LogP contribution in [0.2, 0.25) is 0 Å². The van der Waals surface area contributed by atoms with E-state index in [0.29, 0.717) is 0 Å². The van der Waals surface area contributed by atoms with Crippen molar-refractivity contribution in [1.82, 2.24) is 5.43 Å². The topological polar surface area (TPSA) is 53.5 Å². The summed E-state index contributed by atoms with van der Waals surface area (Å²) in [6.07, 6.45) is 0. The van der Waals surface area contributed by atoms with Crippen LogP contribution < -0.4 is 10.7 Å². The third-order valence-electron chi connectivity index (χ3n) is 2.82. The summed E-state index contributed by atoms with van der Waals surface area (Å²) in [7, 11) is 0. The molecule has 2 rings (SSSR count). The van der Waals surface area contributed by atoms with Crippen LogP contribution in [0.15, 0.2) is 64.2 Å². The minimum Gasteiger partial charge on any atom is -0.376 e. The first kappa shape index (κ1) is 15.3. The molecule has 0 heterocycles. The minimum absolute atomic E-state index is 0.180. The Labute approximate surface area is 132 Å². The van der Waals surface area contributed by atoms with Gasteiger partial charge in [-0.3, -0.25) is 4.79 Å². The lowest BCUT2D eigenvalue weighted by Crippen LogP contribution is -2.26. The van der Waals surface area contributed by atoms with Crippen molar-refractivity contribution >= 4 is 33.2 Å². The number of carbonyl (C=O) groups is 1. The molecule has 0 aliphatic carbocycles. The van der Waals surface area contributed by atoms with Crippen LogP contribution in [-0.4, -0.2) is 18.2 Å². The zero-order valence-electron chi connectivity index (χ0n) is 11.6. The molecule has 0 spiro atoms. The number of nitrogens with zero attached hydrogens (tertiary/aromatic N) is 1. The molecule has 21 heavy (non-hydrogen) atoms. The van der Waals surface area contributed by atoms with E-state index in [0.717, 1.165) is 21.4 Å². The average molecular weight is 346 g/mol. The van der Waals surface area contributed by atoms with Gasteiger partial charge in [0.15, 0.2) is 0 Å². The van der Waals surface area contributed by atoms with Gasteiger partial charge in [0.1, 0.15) is 0 Å². The van der Waals surface area contributed by atoms with Crippen molar-refractivity contribution in [2.75, 3.05) is 11.9 Å². The van der Waals surface area contributed by atoms with E-state index in [-0.39, 0.29) is 12.5 Å². The highest BCUT2D eigenvalue weighted by Crippen LogP contribution is 2.12. The van der Waals surface area contributed by atoms with E-state index in [9.17, 15) is 4.79 Å². The number of rotatable bonds is 5. The lowest BCUT2D eigenvalue weighted by Gasteiger charge is -2.06. The van der Waals surface area contributed by atoms with E-state index in [1.807, 2.05) is 61.5 Å². The van der Waals surface area contributed by atoms with Crippen LogP contribution in [-0.2, 0) is 4.79 Å². The summed E-state index contributed by atoms with van der Waals surface area (Å²) in [5.41, 5.74) is 5.16. The summed E-state index contributed by atoms with van der Waals surface area (Å²) >= 11 is 3.41. The van der Waals surface area contributed by atoms with E-state index in [2.05, 4.69) is 31.8 Å². The van der Waals surface area contributed by atoms with Gasteiger partial charge in [0, 0.05) is 10.2 Å². The molecular formula is C16H16BrN3O. The third-order valence-corrected chi connectivity index (χ3v) is 3.31. The Kier molecular flexibility index (Phi) is 5.51. The van der Waals surface area contributed by atoms with Crippen LogP contribution in [0, 0.1) is 0 Å². The van der Waals surface area contributed by atoms with Crippen LogP contribution in [0.25, 0.3) is 0 Å². The molecule has 108 valence electrons. The number of benzene rings is 2. The number of hydrogen-bond donors (Lipinski definition) is 2. The molecule has 5 heteroatoms. The van der Waals surface area contributed by atoms with Crippen molar-refractivity contribution in [3.8, 4) is 0 Å². The molecule has 0 aliphatic heterocycles.